The molecular weight excluding hydrogens is 296 g/mol. The van der Waals surface area contributed by atoms with Crippen LogP contribution in [0.15, 0.2) is 30.9 Å². The summed E-state index contributed by atoms with van der Waals surface area (Å²) in [6.45, 7) is 3.75. The minimum absolute atomic E-state index is 0.323. The summed E-state index contributed by atoms with van der Waals surface area (Å²) in [7, 11) is 5.97. The van der Waals surface area contributed by atoms with Crippen molar-refractivity contribution in [1.29, 1.82) is 0 Å². The lowest BCUT2D eigenvalue weighted by atomic mass is 9.95. The second kappa shape index (κ2) is 7.05. The lowest BCUT2D eigenvalue weighted by molar-refractivity contribution is 0.0596. The van der Waals surface area contributed by atoms with E-state index in [9.17, 15) is 4.79 Å². The number of carbonyl (C=O) groups excluding carboxylic acids is 1. The second-order valence-electron chi connectivity index (χ2n) is 4.79. The van der Waals surface area contributed by atoms with E-state index in [0.717, 1.165) is 5.39 Å². The van der Waals surface area contributed by atoms with Gasteiger partial charge >= 0.3 is 5.97 Å². The Morgan fingerprint density at radius 3 is 2.30 bits per heavy atom. The Kier molecular flexibility index (Phi) is 5.11. The number of allylic oxidation sites excluding steroid dienone is 1. The van der Waals surface area contributed by atoms with Gasteiger partial charge < -0.3 is 18.9 Å². The van der Waals surface area contributed by atoms with Crippen molar-refractivity contribution in [3.8, 4) is 17.2 Å². The summed E-state index contributed by atoms with van der Waals surface area (Å²) in [5.74, 6) is 1.08. The first-order valence-electron chi connectivity index (χ1n) is 7.07. The topological polar surface area (TPSA) is 54.0 Å². The molecule has 23 heavy (non-hydrogen) atoms. The van der Waals surface area contributed by atoms with Crippen molar-refractivity contribution >= 4 is 16.7 Å². The summed E-state index contributed by atoms with van der Waals surface area (Å²) in [6.07, 6.45) is 2.15. The summed E-state index contributed by atoms with van der Waals surface area (Å²) in [5, 5.41) is 1.47. The van der Waals surface area contributed by atoms with E-state index >= 15 is 0 Å². The Bertz CT molecular complexity index is 749. The third-order valence-corrected chi connectivity index (χ3v) is 3.67. The Morgan fingerprint density at radius 1 is 1.09 bits per heavy atom. The van der Waals surface area contributed by atoms with Crippen molar-refractivity contribution in [1.82, 2.24) is 0 Å². The number of esters is 1. The maximum absolute atomic E-state index is 12.4. The lowest BCUT2D eigenvalue weighted by Crippen LogP contribution is -2.11. The van der Waals surface area contributed by atoms with E-state index in [4.69, 9.17) is 18.9 Å². The zero-order valence-electron chi connectivity index (χ0n) is 13.8. The van der Waals surface area contributed by atoms with Crippen molar-refractivity contribution < 1.29 is 23.7 Å². The number of rotatable bonds is 6. The van der Waals surface area contributed by atoms with Gasteiger partial charge in [-0.3, -0.25) is 0 Å². The number of ether oxygens (including phenoxy) is 4. The fourth-order valence-electron chi connectivity index (χ4n) is 2.76. The van der Waals surface area contributed by atoms with Crippen LogP contribution in [0.2, 0.25) is 0 Å². The molecule has 0 amide bonds. The van der Waals surface area contributed by atoms with Gasteiger partial charge in [0.25, 0.3) is 0 Å². The molecular formula is C18H20O5. The molecule has 0 aliphatic heterocycles. The first kappa shape index (κ1) is 16.7. The van der Waals surface area contributed by atoms with Gasteiger partial charge in [0.1, 0.15) is 22.8 Å². The van der Waals surface area contributed by atoms with Gasteiger partial charge in [-0.25, -0.2) is 4.79 Å². The highest BCUT2D eigenvalue weighted by atomic mass is 16.5. The fraction of sp³-hybridized carbons (Fsp3) is 0.278. The molecule has 5 heteroatoms. The number of benzene rings is 2. The molecule has 0 heterocycles. The summed E-state index contributed by atoms with van der Waals surface area (Å²) in [5.41, 5.74) is 0.996. The van der Waals surface area contributed by atoms with Gasteiger partial charge in [-0.05, 0) is 12.5 Å². The molecule has 0 spiro atoms. The second-order valence-corrected chi connectivity index (χ2v) is 4.79. The highest BCUT2D eigenvalue weighted by Crippen LogP contribution is 2.45. The number of fused-ring (bicyclic) bond motifs is 1. The van der Waals surface area contributed by atoms with E-state index in [0.29, 0.717) is 40.2 Å². The van der Waals surface area contributed by atoms with Gasteiger partial charge in [-0.1, -0.05) is 18.2 Å². The van der Waals surface area contributed by atoms with Crippen LogP contribution in [0.3, 0.4) is 0 Å². The lowest BCUT2D eigenvalue weighted by Gasteiger charge is -2.20. The molecule has 0 fully saturated rings. The quantitative estimate of drug-likeness (QED) is 0.604. The van der Waals surface area contributed by atoms with Gasteiger partial charge in [-0.15, -0.1) is 6.58 Å². The Labute approximate surface area is 135 Å². The Morgan fingerprint density at radius 2 is 1.78 bits per heavy atom. The highest BCUT2D eigenvalue weighted by Gasteiger charge is 2.27. The maximum atomic E-state index is 12.4. The number of carbonyl (C=O) groups is 1. The standard InChI is InChI=1S/C18H20O5/c1-6-8-11-15(18(19)23-5)17(22-4)14-12(16(11)21-3)9-7-10-13(14)20-2/h6-7,9-10H,1,8H2,2-5H3. The van der Waals surface area contributed by atoms with Gasteiger partial charge in [0.05, 0.1) is 33.8 Å². The molecule has 0 N–H and O–H groups in total. The van der Waals surface area contributed by atoms with Crippen molar-refractivity contribution in [3.05, 3.63) is 42.0 Å². The highest BCUT2D eigenvalue weighted by molar-refractivity contribution is 6.08. The van der Waals surface area contributed by atoms with Crippen LogP contribution in [0.25, 0.3) is 10.8 Å². The monoisotopic (exact) mass is 316 g/mol. The van der Waals surface area contributed by atoms with Crippen molar-refractivity contribution in [2.45, 2.75) is 6.42 Å². The van der Waals surface area contributed by atoms with Crippen molar-refractivity contribution in [2.75, 3.05) is 28.4 Å². The van der Waals surface area contributed by atoms with Gasteiger partial charge in [0.15, 0.2) is 0 Å². The predicted molar refractivity (Wildman–Crippen MR) is 88.8 cm³/mol. The van der Waals surface area contributed by atoms with Crippen LogP contribution < -0.4 is 14.2 Å². The Balaban J connectivity index is 3.07. The summed E-state index contributed by atoms with van der Waals surface area (Å²) in [6, 6.07) is 5.56. The molecule has 0 saturated carbocycles. The molecule has 2 aromatic carbocycles. The third-order valence-electron chi connectivity index (χ3n) is 3.67. The average molecular weight is 316 g/mol. The molecule has 0 aliphatic rings. The summed E-state index contributed by atoms with van der Waals surface area (Å²) in [4.78, 5) is 12.4. The minimum Gasteiger partial charge on any atom is -0.496 e. The molecule has 0 radical (unpaired) electrons. The SMILES string of the molecule is C=CCc1c(C(=O)OC)c(OC)c2c(OC)cccc2c1OC. The van der Waals surface area contributed by atoms with Crippen LogP contribution in [-0.4, -0.2) is 34.4 Å². The first-order valence-corrected chi connectivity index (χ1v) is 7.07. The van der Waals surface area contributed by atoms with Gasteiger partial charge in [0.2, 0.25) is 0 Å². The van der Waals surface area contributed by atoms with Crippen LogP contribution in [0.5, 0.6) is 17.2 Å². The zero-order chi connectivity index (χ0) is 17.0. The summed E-state index contributed by atoms with van der Waals surface area (Å²) >= 11 is 0. The fourth-order valence-corrected chi connectivity index (χ4v) is 2.76. The molecule has 2 rings (SSSR count). The van der Waals surface area contributed by atoms with E-state index in [2.05, 4.69) is 6.58 Å². The zero-order valence-corrected chi connectivity index (χ0v) is 13.8. The normalized spacial score (nSPS) is 10.3. The average Bonchev–Trinajstić information content (AvgIpc) is 2.59. The van der Waals surface area contributed by atoms with Crippen molar-refractivity contribution in [2.24, 2.45) is 0 Å². The van der Waals surface area contributed by atoms with Crippen molar-refractivity contribution in [3.63, 3.8) is 0 Å². The van der Waals surface area contributed by atoms with Crippen LogP contribution in [0.4, 0.5) is 0 Å². The predicted octanol–water partition coefficient (Wildman–Crippen LogP) is 3.38. The number of methoxy groups -OCH3 is 4. The minimum atomic E-state index is -0.496. The van der Waals surface area contributed by atoms with Gasteiger partial charge in [0, 0.05) is 10.9 Å². The molecule has 0 aromatic heterocycles. The van der Waals surface area contributed by atoms with E-state index in [-0.39, 0.29) is 0 Å². The largest absolute Gasteiger partial charge is 0.496 e. The van der Waals surface area contributed by atoms with Crippen LogP contribution >= 0.6 is 0 Å². The summed E-state index contributed by atoms with van der Waals surface area (Å²) < 4.78 is 21.5. The molecule has 0 atom stereocenters. The molecule has 0 aliphatic carbocycles. The van der Waals surface area contributed by atoms with Crippen LogP contribution in [-0.2, 0) is 11.2 Å². The molecule has 0 bridgehead atoms. The third kappa shape index (κ3) is 2.70. The van der Waals surface area contributed by atoms with Crippen LogP contribution in [0.1, 0.15) is 15.9 Å². The van der Waals surface area contributed by atoms with Crippen LogP contribution in [0, 0.1) is 0 Å². The number of hydrogen-bond acceptors (Lipinski definition) is 5. The van der Waals surface area contributed by atoms with Gasteiger partial charge in [-0.2, -0.15) is 0 Å². The smallest absolute Gasteiger partial charge is 0.342 e. The molecule has 122 valence electrons. The number of hydrogen-bond donors (Lipinski definition) is 0. The molecule has 2 aromatic rings. The van der Waals surface area contributed by atoms with E-state index in [1.54, 1.807) is 26.4 Å². The molecule has 0 saturated heterocycles. The molecule has 0 unspecified atom stereocenters. The maximum Gasteiger partial charge on any atom is 0.342 e. The van der Waals surface area contributed by atoms with E-state index in [1.165, 1.54) is 14.2 Å². The van der Waals surface area contributed by atoms with E-state index < -0.39 is 5.97 Å². The molecule has 5 nitrogen and oxygen atoms in total. The Hall–Kier alpha value is -2.69. The van der Waals surface area contributed by atoms with E-state index in [1.807, 2.05) is 12.1 Å². The first-order chi connectivity index (χ1) is 11.1.